The van der Waals surface area contributed by atoms with Crippen molar-refractivity contribution in [2.75, 3.05) is 0 Å². The van der Waals surface area contributed by atoms with Crippen molar-refractivity contribution in [2.24, 2.45) is 0 Å². The fourth-order valence-corrected chi connectivity index (χ4v) is 2.44. The second kappa shape index (κ2) is 5.16. The van der Waals surface area contributed by atoms with E-state index in [-0.39, 0.29) is 0 Å². The molecule has 2 nitrogen and oxygen atoms in total. The number of nitriles is 1. The van der Waals surface area contributed by atoms with Crippen LogP contribution in [-0.2, 0) is 0 Å². The predicted octanol–water partition coefficient (Wildman–Crippen LogP) is 4.13. The summed E-state index contributed by atoms with van der Waals surface area (Å²) in [5.74, 6) is 0. The molecule has 1 aromatic carbocycles. The molecule has 2 rings (SSSR count). The molecule has 0 aliphatic carbocycles. The number of nitrogens with zero attached hydrogens (tertiary/aromatic N) is 2. The van der Waals surface area contributed by atoms with E-state index in [0.717, 1.165) is 21.1 Å². The molecule has 1 heterocycles. The van der Waals surface area contributed by atoms with E-state index < -0.39 is 0 Å². The molecule has 0 atom stereocenters. The van der Waals surface area contributed by atoms with E-state index in [1.165, 1.54) is 5.56 Å². The summed E-state index contributed by atoms with van der Waals surface area (Å²) >= 11 is 1.57. The molecule has 0 saturated heterocycles. The monoisotopic (exact) mass is 254 g/mol. The van der Waals surface area contributed by atoms with Crippen LogP contribution in [0.15, 0.2) is 24.3 Å². The van der Waals surface area contributed by atoms with Crippen LogP contribution in [0.5, 0.6) is 0 Å². The second-order valence-electron chi connectivity index (χ2n) is 4.24. The van der Waals surface area contributed by atoms with Gasteiger partial charge in [0.25, 0.3) is 0 Å². The molecule has 0 amide bonds. The van der Waals surface area contributed by atoms with E-state index in [9.17, 15) is 5.26 Å². The van der Waals surface area contributed by atoms with Crippen molar-refractivity contribution in [3.8, 4) is 6.07 Å². The summed E-state index contributed by atoms with van der Waals surface area (Å²) in [6, 6.07) is 10.3. The first-order valence-corrected chi connectivity index (χ1v) is 6.54. The molecule has 0 saturated carbocycles. The summed E-state index contributed by atoms with van der Waals surface area (Å²) in [5.41, 5.74) is 3.87. The van der Waals surface area contributed by atoms with Gasteiger partial charge >= 0.3 is 0 Å². The maximum absolute atomic E-state index is 9.24. The first-order valence-electron chi connectivity index (χ1n) is 5.73. The Bertz CT molecular complexity index is 608. The molecule has 0 aliphatic heterocycles. The Kier molecular flexibility index (Phi) is 3.59. The van der Waals surface area contributed by atoms with Crippen LogP contribution >= 0.6 is 11.3 Å². The van der Waals surface area contributed by atoms with Gasteiger partial charge < -0.3 is 0 Å². The molecule has 2 aromatic rings. The number of benzene rings is 1. The normalized spacial score (nSPS) is 11.3. The van der Waals surface area contributed by atoms with Crippen molar-refractivity contribution < 1.29 is 0 Å². The Morgan fingerprint density at radius 2 is 1.89 bits per heavy atom. The molecule has 1 aromatic heterocycles. The smallest absolute Gasteiger partial charge is 0.134 e. The van der Waals surface area contributed by atoms with Gasteiger partial charge in [-0.25, -0.2) is 4.98 Å². The van der Waals surface area contributed by atoms with E-state index in [0.29, 0.717) is 5.57 Å². The Morgan fingerprint density at radius 1 is 1.22 bits per heavy atom. The molecule has 18 heavy (non-hydrogen) atoms. The average molecular weight is 254 g/mol. The third kappa shape index (κ3) is 2.66. The second-order valence-corrected chi connectivity index (χ2v) is 5.44. The molecular weight excluding hydrogens is 240 g/mol. The molecule has 0 radical (unpaired) electrons. The number of thiazole rings is 1. The van der Waals surface area contributed by atoms with Crippen molar-refractivity contribution in [1.29, 1.82) is 5.26 Å². The Labute approximate surface area is 111 Å². The van der Waals surface area contributed by atoms with Crippen LogP contribution in [0.3, 0.4) is 0 Å². The molecule has 90 valence electrons. The van der Waals surface area contributed by atoms with Crippen LogP contribution in [-0.4, -0.2) is 4.98 Å². The van der Waals surface area contributed by atoms with Gasteiger partial charge in [-0.1, -0.05) is 29.8 Å². The third-order valence-corrected chi connectivity index (χ3v) is 3.87. The van der Waals surface area contributed by atoms with Gasteiger partial charge in [0, 0.05) is 4.88 Å². The van der Waals surface area contributed by atoms with E-state index in [1.807, 2.05) is 51.1 Å². The molecule has 0 unspecified atom stereocenters. The van der Waals surface area contributed by atoms with E-state index in [4.69, 9.17) is 0 Å². The van der Waals surface area contributed by atoms with Crippen molar-refractivity contribution in [3.05, 3.63) is 51.0 Å². The number of aromatic nitrogens is 1. The van der Waals surface area contributed by atoms with Gasteiger partial charge in [0.05, 0.1) is 11.3 Å². The molecule has 0 fully saturated rings. The standard InChI is InChI=1S/C15H14N2S/c1-10-4-6-13(7-5-10)8-14(9-16)15-17-11(2)12(3)18-15/h4-8H,1-3H3/b14-8+. The van der Waals surface area contributed by atoms with E-state index in [2.05, 4.69) is 11.1 Å². The first kappa shape index (κ1) is 12.5. The fourth-order valence-electron chi connectivity index (χ4n) is 1.56. The van der Waals surface area contributed by atoms with Crippen molar-refractivity contribution in [1.82, 2.24) is 4.98 Å². The van der Waals surface area contributed by atoms with Gasteiger partial charge in [-0.15, -0.1) is 11.3 Å². The molecular formula is C15H14N2S. The Hall–Kier alpha value is -1.92. The van der Waals surface area contributed by atoms with Gasteiger partial charge in [0.2, 0.25) is 0 Å². The van der Waals surface area contributed by atoms with Crippen molar-refractivity contribution in [2.45, 2.75) is 20.8 Å². The highest BCUT2D eigenvalue weighted by Crippen LogP contribution is 2.25. The lowest BCUT2D eigenvalue weighted by atomic mass is 10.1. The Morgan fingerprint density at radius 3 is 2.39 bits per heavy atom. The van der Waals surface area contributed by atoms with Crippen molar-refractivity contribution >= 4 is 23.0 Å². The van der Waals surface area contributed by atoms with Gasteiger partial charge in [-0.3, -0.25) is 0 Å². The zero-order valence-corrected chi connectivity index (χ0v) is 11.5. The minimum absolute atomic E-state index is 0.625. The molecule has 0 aliphatic rings. The highest BCUT2D eigenvalue weighted by atomic mass is 32.1. The van der Waals surface area contributed by atoms with Crippen LogP contribution < -0.4 is 0 Å². The summed E-state index contributed by atoms with van der Waals surface area (Å²) in [5, 5.41) is 10.0. The molecule has 3 heteroatoms. The summed E-state index contributed by atoms with van der Waals surface area (Å²) in [6.07, 6.45) is 1.89. The number of aryl methyl sites for hydroxylation is 3. The number of hydrogen-bond acceptors (Lipinski definition) is 3. The number of allylic oxidation sites excluding steroid dienone is 1. The van der Waals surface area contributed by atoms with Gasteiger partial charge in [0.1, 0.15) is 11.1 Å². The lowest BCUT2D eigenvalue weighted by Gasteiger charge is -1.96. The molecule has 0 bridgehead atoms. The maximum atomic E-state index is 9.24. The van der Waals surface area contributed by atoms with E-state index >= 15 is 0 Å². The van der Waals surface area contributed by atoms with Crippen LogP contribution in [0.1, 0.15) is 26.7 Å². The minimum atomic E-state index is 0.625. The van der Waals surface area contributed by atoms with Gasteiger partial charge in [-0.2, -0.15) is 5.26 Å². The zero-order chi connectivity index (χ0) is 13.1. The molecule has 0 N–H and O–H groups in total. The average Bonchev–Trinajstić information content (AvgIpc) is 2.69. The lowest BCUT2D eigenvalue weighted by molar-refractivity contribution is 1.21. The topological polar surface area (TPSA) is 36.7 Å². The number of rotatable bonds is 2. The minimum Gasteiger partial charge on any atom is -0.240 e. The maximum Gasteiger partial charge on any atom is 0.134 e. The first-order chi connectivity index (χ1) is 8.60. The Balaban J connectivity index is 2.40. The van der Waals surface area contributed by atoms with Crippen LogP contribution in [0.2, 0.25) is 0 Å². The van der Waals surface area contributed by atoms with Gasteiger partial charge in [-0.05, 0) is 32.4 Å². The quantitative estimate of drug-likeness (QED) is 0.755. The summed E-state index contributed by atoms with van der Waals surface area (Å²) in [7, 11) is 0. The lowest BCUT2D eigenvalue weighted by Crippen LogP contribution is -1.82. The summed E-state index contributed by atoms with van der Waals surface area (Å²) < 4.78 is 0. The predicted molar refractivity (Wildman–Crippen MR) is 76.3 cm³/mol. The van der Waals surface area contributed by atoms with Crippen molar-refractivity contribution in [3.63, 3.8) is 0 Å². The van der Waals surface area contributed by atoms with Crippen LogP contribution in [0.25, 0.3) is 11.6 Å². The zero-order valence-electron chi connectivity index (χ0n) is 10.7. The SMILES string of the molecule is Cc1ccc(/C=C(\C#N)c2nc(C)c(C)s2)cc1. The van der Waals surface area contributed by atoms with Crippen LogP contribution in [0, 0.1) is 32.1 Å². The highest BCUT2D eigenvalue weighted by molar-refractivity contribution is 7.12. The van der Waals surface area contributed by atoms with Gasteiger partial charge in [0.15, 0.2) is 0 Å². The fraction of sp³-hybridized carbons (Fsp3) is 0.200. The third-order valence-electron chi connectivity index (χ3n) is 2.77. The highest BCUT2D eigenvalue weighted by Gasteiger charge is 2.08. The molecule has 0 spiro atoms. The summed E-state index contributed by atoms with van der Waals surface area (Å²) in [6.45, 7) is 6.04. The van der Waals surface area contributed by atoms with E-state index in [1.54, 1.807) is 11.3 Å². The summed E-state index contributed by atoms with van der Waals surface area (Å²) in [4.78, 5) is 5.58. The largest absolute Gasteiger partial charge is 0.240 e. The number of hydrogen-bond donors (Lipinski definition) is 0. The van der Waals surface area contributed by atoms with Crippen LogP contribution in [0.4, 0.5) is 0 Å².